The van der Waals surface area contributed by atoms with Crippen molar-refractivity contribution in [2.75, 3.05) is 27.2 Å². The van der Waals surface area contributed by atoms with Gasteiger partial charge in [-0.05, 0) is 57.8 Å². The Morgan fingerprint density at radius 2 is 1.90 bits per heavy atom. The van der Waals surface area contributed by atoms with Gasteiger partial charge >= 0.3 is 0 Å². The minimum atomic E-state index is 0.430. The quantitative estimate of drug-likeness (QED) is 0.848. The van der Waals surface area contributed by atoms with Gasteiger partial charge in [-0.1, -0.05) is 43.0 Å². The lowest BCUT2D eigenvalue weighted by Crippen LogP contribution is -2.35. The van der Waals surface area contributed by atoms with Gasteiger partial charge in [0, 0.05) is 19.1 Å². The Morgan fingerprint density at radius 1 is 1.19 bits per heavy atom. The highest BCUT2D eigenvalue weighted by molar-refractivity contribution is 5.33. The largest absolute Gasteiger partial charge is 0.312 e. The van der Waals surface area contributed by atoms with Gasteiger partial charge in [0.05, 0.1) is 0 Å². The van der Waals surface area contributed by atoms with Gasteiger partial charge < -0.3 is 10.2 Å². The molecule has 2 rings (SSSR count). The first kappa shape index (κ1) is 16.5. The fourth-order valence-corrected chi connectivity index (χ4v) is 3.76. The molecule has 0 aromatic heterocycles. The summed E-state index contributed by atoms with van der Waals surface area (Å²) in [5, 5.41) is 3.51. The normalized spacial score (nSPS) is 18.1. The van der Waals surface area contributed by atoms with Crippen molar-refractivity contribution < 1.29 is 0 Å². The van der Waals surface area contributed by atoms with E-state index in [1.807, 2.05) is 0 Å². The van der Waals surface area contributed by atoms with E-state index in [1.54, 1.807) is 0 Å². The number of nitrogens with one attached hydrogen (secondary N) is 1. The van der Waals surface area contributed by atoms with Crippen molar-refractivity contribution in [2.24, 2.45) is 5.92 Å². The number of aryl methyl sites for hydroxylation is 2. The van der Waals surface area contributed by atoms with Crippen molar-refractivity contribution >= 4 is 0 Å². The highest BCUT2D eigenvalue weighted by Crippen LogP contribution is 2.25. The zero-order valence-corrected chi connectivity index (χ0v) is 14.3. The van der Waals surface area contributed by atoms with Crippen LogP contribution in [0.3, 0.4) is 0 Å². The molecule has 118 valence electrons. The Bertz CT molecular complexity index is 435. The van der Waals surface area contributed by atoms with Crippen molar-refractivity contribution in [3.8, 4) is 0 Å². The first-order valence-corrected chi connectivity index (χ1v) is 8.53. The second-order valence-electron chi connectivity index (χ2n) is 6.93. The predicted molar refractivity (Wildman–Crippen MR) is 91.8 cm³/mol. The van der Waals surface area contributed by atoms with E-state index in [1.165, 1.54) is 55.3 Å². The SMILES string of the molecule is CNC(CN(C)CC1CCCCC1)c1ccc(C)cc1C. The Balaban J connectivity index is 1.94. The molecule has 21 heavy (non-hydrogen) atoms. The van der Waals surface area contributed by atoms with Crippen LogP contribution in [0.5, 0.6) is 0 Å². The molecule has 1 unspecified atom stereocenters. The summed E-state index contributed by atoms with van der Waals surface area (Å²) in [4.78, 5) is 2.52. The van der Waals surface area contributed by atoms with E-state index in [4.69, 9.17) is 0 Å². The number of nitrogens with zero attached hydrogens (tertiary/aromatic N) is 1. The van der Waals surface area contributed by atoms with Crippen LogP contribution in [0, 0.1) is 19.8 Å². The lowest BCUT2D eigenvalue weighted by atomic mass is 9.89. The average molecular weight is 288 g/mol. The van der Waals surface area contributed by atoms with Gasteiger partial charge in [-0.3, -0.25) is 0 Å². The van der Waals surface area contributed by atoms with Crippen molar-refractivity contribution in [1.29, 1.82) is 0 Å². The third kappa shape index (κ3) is 4.82. The van der Waals surface area contributed by atoms with Gasteiger partial charge in [0.2, 0.25) is 0 Å². The van der Waals surface area contributed by atoms with Crippen LogP contribution in [-0.2, 0) is 0 Å². The molecule has 1 aliphatic carbocycles. The Morgan fingerprint density at radius 3 is 2.52 bits per heavy atom. The van der Waals surface area contributed by atoms with Crippen LogP contribution in [-0.4, -0.2) is 32.1 Å². The molecule has 1 aliphatic rings. The summed E-state index contributed by atoms with van der Waals surface area (Å²) in [7, 11) is 4.36. The first-order valence-electron chi connectivity index (χ1n) is 8.53. The van der Waals surface area contributed by atoms with Gasteiger partial charge in [0.1, 0.15) is 0 Å². The van der Waals surface area contributed by atoms with Gasteiger partial charge in [-0.15, -0.1) is 0 Å². The molecular weight excluding hydrogens is 256 g/mol. The molecule has 0 amide bonds. The maximum atomic E-state index is 3.51. The van der Waals surface area contributed by atoms with Crippen molar-refractivity contribution in [3.63, 3.8) is 0 Å². The lowest BCUT2D eigenvalue weighted by molar-refractivity contribution is 0.218. The van der Waals surface area contributed by atoms with E-state index in [0.29, 0.717) is 6.04 Å². The van der Waals surface area contributed by atoms with Gasteiger partial charge in [-0.2, -0.15) is 0 Å². The molecule has 2 heteroatoms. The third-order valence-electron chi connectivity index (χ3n) is 4.94. The molecule has 1 aromatic carbocycles. The van der Waals surface area contributed by atoms with Crippen LogP contribution >= 0.6 is 0 Å². The molecule has 1 fully saturated rings. The average Bonchev–Trinajstić information content (AvgIpc) is 2.46. The van der Waals surface area contributed by atoms with Crippen molar-refractivity contribution in [3.05, 3.63) is 34.9 Å². The number of benzene rings is 1. The molecule has 0 radical (unpaired) electrons. The highest BCUT2D eigenvalue weighted by atomic mass is 15.1. The number of likely N-dealkylation sites (N-methyl/N-ethyl adjacent to an activating group) is 2. The zero-order valence-electron chi connectivity index (χ0n) is 14.3. The number of hydrogen-bond acceptors (Lipinski definition) is 2. The van der Waals surface area contributed by atoms with Gasteiger partial charge in [-0.25, -0.2) is 0 Å². The molecule has 0 aliphatic heterocycles. The zero-order chi connectivity index (χ0) is 15.2. The molecule has 0 spiro atoms. The van der Waals surface area contributed by atoms with Crippen LogP contribution in [0.2, 0.25) is 0 Å². The van der Waals surface area contributed by atoms with Gasteiger partial charge in [0.15, 0.2) is 0 Å². The monoisotopic (exact) mass is 288 g/mol. The second-order valence-corrected chi connectivity index (χ2v) is 6.93. The summed E-state index contributed by atoms with van der Waals surface area (Å²) in [6, 6.07) is 7.24. The standard InChI is InChI=1S/C19H32N2/c1-15-10-11-18(16(2)12-15)19(20-3)14-21(4)13-17-8-6-5-7-9-17/h10-12,17,19-20H,5-9,13-14H2,1-4H3. The van der Waals surface area contributed by atoms with E-state index in [2.05, 4.69) is 56.4 Å². The summed E-state index contributed by atoms with van der Waals surface area (Å²) < 4.78 is 0. The summed E-state index contributed by atoms with van der Waals surface area (Å²) in [5.41, 5.74) is 4.20. The minimum absolute atomic E-state index is 0.430. The summed E-state index contributed by atoms with van der Waals surface area (Å²) in [6.45, 7) is 6.74. The van der Waals surface area contributed by atoms with Gasteiger partial charge in [0.25, 0.3) is 0 Å². The Labute approximate surface area is 130 Å². The van der Waals surface area contributed by atoms with Crippen LogP contribution in [0.1, 0.15) is 54.8 Å². The first-order chi connectivity index (χ1) is 10.1. The third-order valence-corrected chi connectivity index (χ3v) is 4.94. The molecule has 0 bridgehead atoms. The Hall–Kier alpha value is -0.860. The molecule has 1 N–H and O–H groups in total. The molecule has 0 heterocycles. The van der Waals surface area contributed by atoms with Crippen LogP contribution in [0.4, 0.5) is 0 Å². The van der Waals surface area contributed by atoms with Crippen molar-refractivity contribution in [1.82, 2.24) is 10.2 Å². The van der Waals surface area contributed by atoms with E-state index in [-0.39, 0.29) is 0 Å². The smallest absolute Gasteiger partial charge is 0.0449 e. The van der Waals surface area contributed by atoms with Crippen LogP contribution < -0.4 is 5.32 Å². The second kappa shape index (κ2) is 7.95. The molecule has 0 saturated heterocycles. The van der Waals surface area contributed by atoms with Crippen LogP contribution in [0.25, 0.3) is 0 Å². The predicted octanol–water partition coefficient (Wildman–Crippen LogP) is 4.08. The molecular formula is C19H32N2. The Kier molecular flexibility index (Phi) is 6.25. The highest BCUT2D eigenvalue weighted by Gasteiger charge is 2.18. The summed E-state index contributed by atoms with van der Waals surface area (Å²) >= 11 is 0. The minimum Gasteiger partial charge on any atom is -0.312 e. The van der Waals surface area contributed by atoms with Crippen molar-refractivity contribution in [2.45, 2.75) is 52.0 Å². The van der Waals surface area contributed by atoms with E-state index >= 15 is 0 Å². The molecule has 1 saturated carbocycles. The summed E-state index contributed by atoms with van der Waals surface area (Å²) in [5.74, 6) is 0.917. The fourth-order valence-electron chi connectivity index (χ4n) is 3.76. The maximum Gasteiger partial charge on any atom is 0.0449 e. The number of rotatable bonds is 6. The van der Waals surface area contributed by atoms with E-state index < -0.39 is 0 Å². The topological polar surface area (TPSA) is 15.3 Å². The van der Waals surface area contributed by atoms with Crippen LogP contribution in [0.15, 0.2) is 18.2 Å². The van der Waals surface area contributed by atoms with E-state index in [9.17, 15) is 0 Å². The fraction of sp³-hybridized carbons (Fsp3) is 0.684. The molecule has 1 atom stereocenters. The maximum absolute atomic E-state index is 3.51. The number of hydrogen-bond donors (Lipinski definition) is 1. The lowest BCUT2D eigenvalue weighted by Gasteiger charge is -2.30. The molecule has 1 aromatic rings. The van der Waals surface area contributed by atoms with E-state index in [0.717, 1.165) is 12.5 Å². The summed E-state index contributed by atoms with van der Waals surface area (Å²) in [6.07, 6.45) is 7.17. The molecule has 2 nitrogen and oxygen atoms in total.